The van der Waals surface area contributed by atoms with Crippen LogP contribution in [-0.2, 0) is 13.0 Å². The van der Waals surface area contributed by atoms with Crippen molar-refractivity contribution in [2.24, 2.45) is 5.73 Å². The third-order valence-electron chi connectivity index (χ3n) is 3.58. The quantitative estimate of drug-likeness (QED) is 0.432. The van der Waals surface area contributed by atoms with E-state index in [-0.39, 0.29) is 30.9 Å². The van der Waals surface area contributed by atoms with Crippen molar-refractivity contribution in [1.82, 2.24) is 4.98 Å². The number of halogens is 5. The molecule has 0 aliphatic heterocycles. The van der Waals surface area contributed by atoms with Crippen LogP contribution in [0.1, 0.15) is 17.1 Å². The van der Waals surface area contributed by atoms with Crippen molar-refractivity contribution in [2.45, 2.75) is 25.4 Å². The Hall–Kier alpha value is -0.760. The molecule has 0 amide bonds. The minimum atomic E-state index is -0.441. The molecule has 3 rings (SSSR count). The molecule has 3 aromatic heterocycles. The Morgan fingerprint density at radius 3 is 2.77 bits per heavy atom. The molecule has 3 N–H and O–H groups in total. The highest BCUT2D eigenvalue weighted by Crippen LogP contribution is 2.40. The number of hydrogen-bond acceptors (Lipinski definition) is 5. The molecule has 144 valence electrons. The predicted octanol–water partition coefficient (Wildman–Crippen LogP) is 5.88. The van der Waals surface area contributed by atoms with Gasteiger partial charge in [0, 0.05) is 17.0 Å². The van der Waals surface area contributed by atoms with E-state index >= 15 is 0 Å². The van der Waals surface area contributed by atoms with Gasteiger partial charge in [-0.15, -0.1) is 36.2 Å². The number of thiophene rings is 1. The number of nitrogens with one attached hydrogen (secondary N) is 1. The first-order valence-corrected chi connectivity index (χ1v) is 9.01. The summed E-state index contributed by atoms with van der Waals surface area (Å²) in [6, 6.07) is 5.20. The normalized spacial score (nSPS) is 11.7. The maximum atomic E-state index is 12.4. The zero-order chi connectivity index (χ0) is 17.1. The molecule has 0 fully saturated rings. The van der Waals surface area contributed by atoms with Crippen LogP contribution in [0.3, 0.4) is 0 Å². The van der Waals surface area contributed by atoms with Crippen LogP contribution in [0.15, 0.2) is 28.9 Å². The van der Waals surface area contributed by atoms with Crippen molar-refractivity contribution in [2.75, 3.05) is 12.0 Å². The van der Waals surface area contributed by atoms with Crippen LogP contribution < -0.4 is 11.1 Å². The third kappa shape index (κ3) is 5.38. The smallest absolute Gasteiger partial charge is 0.131 e. The molecule has 0 aromatic carbocycles. The van der Waals surface area contributed by atoms with Gasteiger partial charge in [-0.25, -0.2) is 4.98 Å². The topological polar surface area (TPSA) is 64.1 Å². The fourth-order valence-electron chi connectivity index (χ4n) is 2.39. The average Bonchev–Trinajstić information content (AvgIpc) is 3.15. The van der Waals surface area contributed by atoms with Crippen molar-refractivity contribution >= 4 is 75.3 Å². The van der Waals surface area contributed by atoms with E-state index in [1.807, 2.05) is 12.1 Å². The molecular weight excluding hydrogens is 443 g/mol. The van der Waals surface area contributed by atoms with Gasteiger partial charge in [0.2, 0.25) is 0 Å². The van der Waals surface area contributed by atoms with Crippen LogP contribution in [0.25, 0.3) is 10.2 Å². The fourth-order valence-corrected chi connectivity index (χ4v) is 4.19. The summed E-state index contributed by atoms with van der Waals surface area (Å²) in [6.07, 6.45) is 2.44. The van der Waals surface area contributed by atoms with E-state index in [0.29, 0.717) is 35.1 Å². The lowest BCUT2D eigenvalue weighted by atomic mass is 10.1. The van der Waals surface area contributed by atoms with Crippen LogP contribution >= 0.6 is 59.4 Å². The second kappa shape index (κ2) is 10.5. The highest BCUT2D eigenvalue weighted by Gasteiger charge is 2.18. The van der Waals surface area contributed by atoms with Crippen LogP contribution in [0.4, 0.5) is 10.1 Å². The third-order valence-corrected chi connectivity index (χ3v) is 5.53. The van der Waals surface area contributed by atoms with Crippen molar-refractivity contribution in [3.8, 4) is 0 Å². The number of aromatic nitrogens is 1. The highest BCUT2D eigenvalue weighted by atomic mass is 35.5. The molecule has 1 atom stereocenters. The van der Waals surface area contributed by atoms with Gasteiger partial charge in [0.15, 0.2) is 0 Å². The Balaban J connectivity index is 0.00000169. The van der Waals surface area contributed by atoms with E-state index in [2.05, 4.69) is 10.3 Å². The Kier molecular flexibility index (Phi) is 9.44. The second-order valence-electron chi connectivity index (χ2n) is 5.38. The summed E-state index contributed by atoms with van der Waals surface area (Å²) in [5, 5.41) is 4.18. The standard InChI is InChI=1S/C16H16Cl2FN3OS.2ClH/c17-13-7-11(21-8-10-2-1-5-23-10)16-15(22-13)14(18)12(24-16)6-9(20)3-4-19;;/h1-2,5,7,9H,3-4,6,8,20H2,(H,21,22);2*1H/t9-;;/m0../s1. The minimum absolute atomic E-state index is 0. The number of pyridine rings is 1. The first kappa shape index (κ1) is 23.3. The summed E-state index contributed by atoms with van der Waals surface area (Å²) in [4.78, 5) is 5.21. The Morgan fingerprint density at radius 1 is 1.35 bits per heavy atom. The van der Waals surface area contributed by atoms with Gasteiger partial charge in [-0.05, 0) is 25.0 Å². The van der Waals surface area contributed by atoms with E-state index in [0.717, 1.165) is 21.0 Å². The predicted molar refractivity (Wildman–Crippen MR) is 112 cm³/mol. The van der Waals surface area contributed by atoms with E-state index in [4.69, 9.17) is 33.4 Å². The molecule has 10 heteroatoms. The molecule has 4 nitrogen and oxygen atoms in total. The van der Waals surface area contributed by atoms with Crippen LogP contribution in [0.2, 0.25) is 10.2 Å². The van der Waals surface area contributed by atoms with E-state index < -0.39 is 6.67 Å². The number of nitrogens with two attached hydrogens (primary N) is 1. The summed E-state index contributed by atoms with van der Waals surface area (Å²) >= 11 is 14.1. The van der Waals surface area contributed by atoms with Crippen molar-refractivity contribution in [3.05, 3.63) is 45.3 Å². The molecule has 0 aliphatic rings. The van der Waals surface area contributed by atoms with Gasteiger partial charge in [0.05, 0.1) is 34.9 Å². The van der Waals surface area contributed by atoms with Crippen molar-refractivity contribution < 1.29 is 8.81 Å². The van der Waals surface area contributed by atoms with Gasteiger partial charge >= 0.3 is 0 Å². The maximum absolute atomic E-state index is 12.4. The number of rotatable bonds is 7. The lowest BCUT2D eigenvalue weighted by Crippen LogP contribution is -2.22. The second-order valence-corrected chi connectivity index (χ2v) is 7.25. The maximum Gasteiger partial charge on any atom is 0.131 e. The number of hydrogen-bond donors (Lipinski definition) is 2. The van der Waals surface area contributed by atoms with Crippen LogP contribution in [0.5, 0.6) is 0 Å². The van der Waals surface area contributed by atoms with Crippen molar-refractivity contribution in [3.63, 3.8) is 0 Å². The number of alkyl halides is 1. The van der Waals surface area contributed by atoms with E-state index in [1.165, 1.54) is 11.3 Å². The molecule has 3 heterocycles. The summed E-state index contributed by atoms with van der Waals surface area (Å²) in [7, 11) is 0. The van der Waals surface area contributed by atoms with Crippen molar-refractivity contribution in [1.29, 1.82) is 0 Å². The number of fused-ring (bicyclic) bond motifs is 1. The Morgan fingerprint density at radius 2 is 2.12 bits per heavy atom. The molecule has 0 radical (unpaired) electrons. The fraction of sp³-hybridized carbons (Fsp3) is 0.312. The number of nitrogens with zero attached hydrogens (tertiary/aromatic N) is 1. The molecular formula is C16H18Cl4FN3OS. The molecule has 0 bridgehead atoms. The van der Waals surface area contributed by atoms with E-state index in [1.54, 1.807) is 12.3 Å². The first-order valence-electron chi connectivity index (χ1n) is 7.43. The molecule has 0 spiro atoms. The van der Waals surface area contributed by atoms with Gasteiger partial charge in [-0.1, -0.05) is 23.2 Å². The lowest BCUT2D eigenvalue weighted by Gasteiger charge is -2.07. The minimum Gasteiger partial charge on any atom is -0.467 e. The molecule has 0 saturated heterocycles. The van der Waals surface area contributed by atoms with Gasteiger partial charge in [0.1, 0.15) is 16.4 Å². The van der Waals surface area contributed by atoms with Gasteiger partial charge in [0.25, 0.3) is 0 Å². The summed E-state index contributed by atoms with van der Waals surface area (Å²) in [6.45, 7) is 0.0817. The molecule has 3 aromatic rings. The average molecular weight is 461 g/mol. The summed E-state index contributed by atoms with van der Waals surface area (Å²) < 4.78 is 18.7. The highest BCUT2D eigenvalue weighted by molar-refractivity contribution is 7.20. The molecule has 0 aliphatic carbocycles. The largest absolute Gasteiger partial charge is 0.467 e. The zero-order valence-corrected chi connectivity index (χ0v) is 17.5. The monoisotopic (exact) mass is 459 g/mol. The first-order chi connectivity index (χ1) is 11.6. The number of anilines is 1. The van der Waals surface area contributed by atoms with E-state index in [9.17, 15) is 4.39 Å². The SMILES string of the molecule is Cl.Cl.N[C@@H](CCF)Cc1sc2c(NCc3ccco3)cc(Cl)nc2c1Cl. The van der Waals surface area contributed by atoms with Gasteiger partial charge in [-0.3, -0.25) is 4.39 Å². The van der Waals surface area contributed by atoms with Gasteiger partial charge < -0.3 is 15.5 Å². The molecule has 0 unspecified atom stereocenters. The summed E-state index contributed by atoms with van der Waals surface area (Å²) in [5.41, 5.74) is 7.40. The van der Waals surface area contributed by atoms with Crippen LogP contribution in [0, 0.1) is 0 Å². The molecule has 0 saturated carbocycles. The number of furan rings is 1. The lowest BCUT2D eigenvalue weighted by molar-refractivity contribution is 0.436. The summed E-state index contributed by atoms with van der Waals surface area (Å²) in [5.74, 6) is 0.809. The van der Waals surface area contributed by atoms with Crippen LogP contribution in [-0.4, -0.2) is 17.7 Å². The Labute approximate surface area is 177 Å². The Bertz CT molecular complexity index is 829. The van der Waals surface area contributed by atoms with Gasteiger partial charge in [-0.2, -0.15) is 0 Å². The molecule has 26 heavy (non-hydrogen) atoms. The zero-order valence-electron chi connectivity index (χ0n) is 13.5.